The SMILES string of the molecule is COCC(NC(=O)c1ccoc1)C(=O)N[C@@H](COC)C(=O)NC(CC(C)C)C(=O)C1(C)CO1. The number of carbonyl (C=O) groups excluding carboxylic acids is 4. The number of Topliss-reactive ketones (excluding diaryl/α,β-unsaturated/α-hetero) is 1. The predicted octanol–water partition coefficient (Wildman–Crippen LogP) is 0.0445. The number of methoxy groups -OCH3 is 2. The van der Waals surface area contributed by atoms with Crippen LogP contribution in [0.2, 0.25) is 0 Å². The van der Waals surface area contributed by atoms with E-state index < -0.39 is 41.4 Å². The van der Waals surface area contributed by atoms with Gasteiger partial charge >= 0.3 is 0 Å². The van der Waals surface area contributed by atoms with E-state index in [1.165, 1.54) is 32.8 Å². The number of epoxide rings is 1. The van der Waals surface area contributed by atoms with E-state index in [4.69, 9.17) is 18.6 Å². The summed E-state index contributed by atoms with van der Waals surface area (Å²) in [5.74, 6) is -1.83. The highest BCUT2D eigenvalue weighted by Gasteiger charge is 2.50. The van der Waals surface area contributed by atoms with Gasteiger partial charge in [-0.15, -0.1) is 0 Å². The number of ether oxygens (including phenoxy) is 3. The lowest BCUT2D eigenvalue weighted by atomic mass is 9.93. The summed E-state index contributed by atoms with van der Waals surface area (Å²) >= 11 is 0. The van der Waals surface area contributed by atoms with E-state index in [2.05, 4.69) is 16.0 Å². The van der Waals surface area contributed by atoms with E-state index in [9.17, 15) is 19.2 Å². The van der Waals surface area contributed by atoms with E-state index in [-0.39, 0.29) is 30.5 Å². The van der Waals surface area contributed by atoms with E-state index in [1.807, 2.05) is 13.8 Å². The van der Waals surface area contributed by atoms with Crippen molar-refractivity contribution in [1.82, 2.24) is 16.0 Å². The molecule has 33 heavy (non-hydrogen) atoms. The Labute approximate surface area is 192 Å². The number of amides is 3. The van der Waals surface area contributed by atoms with Crippen LogP contribution in [-0.2, 0) is 28.6 Å². The van der Waals surface area contributed by atoms with Gasteiger partial charge < -0.3 is 34.6 Å². The fourth-order valence-electron chi connectivity index (χ4n) is 3.20. The molecule has 4 atom stereocenters. The fraction of sp³-hybridized carbons (Fsp3) is 0.636. The van der Waals surface area contributed by atoms with Crippen molar-refractivity contribution in [2.45, 2.75) is 50.9 Å². The van der Waals surface area contributed by atoms with Gasteiger partial charge in [0.1, 0.15) is 23.9 Å². The Bertz CT molecular complexity index is 820. The summed E-state index contributed by atoms with van der Waals surface area (Å²) in [5.41, 5.74) is -0.658. The van der Waals surface area contributed by atoms with Crippen molar-refractivity contribution < 1.29 is 37.8 Å². The second-order valence-electron chi connectivity index (χ2n) is 8.58. The highest BCUT2D eigenvalue weighted by molar-refractivity contribution is 5.99. The molecule has 1 aromatic heterocycles. The first-order valence-electron chi connectivity index (χ1n) is 10.7. The van der Waals surface area contributed by atoms with Gasteiger partial charge in [0.2, 0.25) is 11.8 Å². The first kappa shape index (κ1) is 26.5. The molecule has 3 unspecified atom stereocenters. The van der Waals surface area contributed by atoms with Crippen molar-refractivity contribution in [2.24, 2.45) is 5.92 Å². The van der Waals surface area contributed by atoms with Crippen molar-refractivity contribution in [1.29, 1.82) is 0 Å². The molecule has 2 rings (SSSR count). The van der Waals surface area contributed by atoms with Crippen molar-refractivity contribution in [3.63, 3.8) is 0 Å². The van der Waals surface area contributed by atoms with E-state index in [1.54, 1.807) is 6.92 Å². The van der Waals surface area contributed by atoms with Crippen LogP contribution in [0.15, 0.2) is 23.0 Å². The van der Waals surface area contributed by atoms with Crippen LogP contribution in [0.3, 0.4) is 0 Å². The Balaban J connectivity index is 2.07. The van der Waals surface area contributed by atoms with Gasteiger partial charge in [-0.05, 0) is 25.3 Å². The van der Waals surface area contributed by atoms with Gasteiger partial charge in [0.05, 0.1) is 37.7 Å². The Morgan fingerprint density at radius 1 is 1.00 bits per heavy atom. The molecule has 1 aliphatic heterocycles. The molecule has 11 heteroatoms. The van der Waals surface area contributed by atoms with Crippen LogP contribution in [0.5, 0.6) is 0 Å². The van der Waals surface area contributed by atoms with E-state index >= 15 is 0 Å². The first-order chi connectivity index (χ1) is 15.6. The first-order valence-corrected chi connectivity index (χ1v) is 10.7. The summed E-state index contributed by atoms with van der Waals surface area (Å²) in [6.45, 7) is 5.61. The average molecular weight is 468 g/mol. The zero-order valence-corrected chi connectivity index (χ0v) is 19.6. The van der Waals surface area contributed by atoms with Crippen LogP contribution in [0.25, 0.3) is 0 Å². The Kier molecular flexibility index (Phi) is 9.56. The molecular weight excluding hydrogens is 434 g/mol. The number of nitrogens with one attached hydrogen (secondary N) is 3. The van der Waals surface area contributed by atoms with Crippen LogP contribution >= 0.6 is 0 Å². The topological polar surface area (TPSA) is 148 Å². The van der Waals surface area contributed by atoms with Gasteiger partial charge in [-0.1, -0.05) is 13.8 Å². The lowest BCUT2D eigenvalue weighted by Gasteiger charge is -2.26. The Hall–Kier alpha value is -2.76. The maximum absolute atomic E-state index is 13.0. The van der Waals surface area contributed by atoms with E-state index in [0.29, 0.717) is 13.0 Å². The smallest absolute Gasteiger partial charge is 0.255 e. The molecule has 0 aliphatic carbocycles. The molecule has 1 fully saturated rings. The molecule has 184 valence electrons. The van der Waals surface area contributed by atoms with E-state index in [0.717, 1.165) is 0 Å². The minimum Gasteiger partial charge on any atom is -0.472 e. The average Bonchev–Trinajstić information content (AvgIpc) is 3.27. The molecule has 3 N–H and O–H groups in total. The van der Waals surface area contributed by atoms with Gasteiger partial charge in [-0.2, -0.15) is 0 Å². The van der Waals surface area contributed by atoms with Gasteiger partial charge in [-0.25, -0.2) is 0 Å². The van der Waals surface area contributed by atoms with Gasteiger partial charge in [0.15, 0.2) is 5.78 Å². The van der Waals surface area contributed by atoms with Crippen LogP contribution in [0, 0.1) is 5.92 Å². The monoisotopic (exact) mass is 467 g/mol. The molecule has 0 radical (unpaired) electrons. The molecular formula is C22H33N3O8. The molecule has 0 aromatic carbocycles. The maximum atomic E-state index is 13.0. The molecule has 2 heterocycles. The Morgan fingerprint density at radius 2 is 1.55 bits per heavy atom. The second kappa shape index (κ2) is 11.9. The minimum atomic E-state index is -1.09. The van der Waals surface area contributed by atoms with Gasteiger partial charge in [-0.3, -0.25) is 19.2 Å². The lowest BCUT2D eigenvalue weighted by Crippen LogP contribution is -2.58. The van der Waals surface area contributed by atoms with Crippen LogP contribution in [0.4, 0.5) is 0 Å². The molecule has 3 amide bonds. The number of hydrogen-bond donors (Lipinski definition) is 3. The zero-order chi connectivity index (χ0) is 24.6. The number of hydrogen-bond acceptors (Lipinski definition) is 8. The van der Waals surface area contributed by atoms with Crippen molar-refractivity contribution in [3.05, 3.63) is 24.2 Å². The number of rotatable bonds is 14. The highest BCUT2D eigenvalue weighted by Crippen LogP contribution is 2.29. The normalized spacial score (nSPS) is 19.9. The third-order valence-corrected chi connectivity index (χ3v) is 5.14. The van der Waals surface area contributed by atoms with Crippen LogP contribution in [-0.4, -0.2) is 81.3 Å². The second-order valence-corrected chi connectivity index (χ2v) is 8.58. The molecule has 1 aliphatic rings. The fourth-order valence-corrected chi connectivity index (χ4v) is 3.20. The predicted molar refractivity (Wildman–Crippen MR) is 116 cm³/mol. The summed E-state index contributed by atoms with van der Waals surface area (Å²) in [7, 11) is 2.77. The van der Waals surface area contributed by atoms with Gasteiger partial charge in [0, 0.05) is 14.2 Å². The van der Waals surface area contributed by atoms with Crippen LogP contribution < -0.4 is 16.0 Å². The zero-order valence-electron chi connectivity index (χ0n) is 19.6. The third-order valence-electron chi connectivity index (χ3n) is 5.14. The largest absolute Gasteiger partial charge is 0.472 e. The molecule has 0 spiro atoms. The van der Waals surface area contributed by atoms with Crippen molar-refractivity contribution >= 4 is 23.5 Å². The van der Waals surface area contributed by atoms with Crippen molar-refractivity contribution in [2.75, 3.05) is 34.0 Å². The highest BCUT2D eigenvalue weighted by atomic mass is 16.6. The summed E-state index contributed by atoms with van der Waals surface area (Å²) in [6.07, 6.45) is 3.00. The molecule has 0 saturated carbocycles. The standard InChI is InChI=1S/C22H33N3O8/c1-13(2)8-15(18(26)22(3)12-33-22)23-20(28)17(11-31-5)25-21(29)16(10-30-4)24-19(27)14-6-7-32-9-14/h6-7,9,13,15-17H,8,10-12H2,1-5H3,(H,23,28)(H,24,27)(H,25,29)/t15?,16?,17-,22?/m0/s1. The number of carbonyl (C=O) groups is 4. The number of ketones is 1. The lowest BCUT2D eigenvalue weighted by molar-refractivity contribution is -0.134. The Morgan fingerprint density at radius 3 is 2.00 bits per heavy atom. The molecule has 1 aromatic rings. The minimum absolute atomic E-state index is 0.124. The maximum Gasteiger partial charge on any atom is 0.255 e. The summed E-state index contributed by atoms with van der Waals surface area (Å²) < 4.78 is 20.3. The molecule has 11 nitrogen and oxygen atoms in total. The quantitative estimate of drug-likeness (QED) is 0.325. The summed E-state index contributed by atoms with van der Waals surface area (Å²) in [6, 6.07) is -1.48. The third kappa shape index (κ3) is 7.65. The van der Waals surface area contributed by atoms with Crippen LogP contribution in [0.1, 0.15) is 37.6 Å². The van der Waals surface area contributed by atoms with Gasteiger partial charge in [0.25, 0.3) is 5.91 Å². The number of furan rings is 1. The summed E-state index contributed by atoms with van der Waals surface area (Å²) in [5, 5.41) is 7.83. The summed E-state index contributed by atoms with van der Waals surface area (Å²) in [4.78, 5) is 50.9. The molecule has 0 bridgehead atoms. The molecule has 1 saturated heterocycles. The van der Waals surface area contributed by atoms with Crippen molar-refractivity contribution in [3.8, 4) is 0 Å².